The van der Waals surface area contributed by atoms with Gasteiger partial charge in [-0.3, -0.25) is 14.4 Å². The van der Waals surface area contributed by atoms with E-state index in [9.17, 15) is 14.4 Å². The van der Waals surface area contributed by atoms with Crippen LogP contribution in [0.15, 0.2) is 24.3 Å². The highest BCUT2D eigenvalue weighted by Crippen LogP contribution is 2.47. The zero-order valence-electron chi connectivity index (χ0n) is 14.1. The molecule has 0 aliphatic carbocycles. The molecule has 0 radical (unpaired) electrons. The Kier molecular flexibility index (Phi) is 4.97. The topological polar surface area (TPSA) is 69.7 Å². The van der Waals surface area contributed by atoms with Gasteiger partial charge in [0, 0.05) is 19.2 Å². The van der Waals surface area contributed by atoms with E-state index in [0.717, 1.165) is 6.42 Å². The second-order valence-electron chi connectivity index (χ2n) is 6.49. The molecular weight excluding hydrogens is 362 g/mol. The first-order valence-corrected chi connectivity index (χ1v) is 9.44. The molecule has 2 saturated heterocycles. The number of benzene rings is 1. The standard InChI is InChI=1S/C17H20ClN3O3S/c1-17-8-7-15(23)21(17)13(10-25-17)16(24)20(2)9-14(22)19-12-6-4-3-5-11(12)18/h3-6,13H,7-10H2,1-2H3,(H,19,22)/t13-,17+/m1/s1. The van der Waals surface area contributed by atoms with Crippen molar-refractivity contribution in [1.29, 1.82) is 0 Å². The maximum absolute atomic E-state index is 12.7. The van der Waals surface area contributed by atoms with Crippen LogP contribution in [0.2, 0.25) is 5.02 Å². The van der Waals surface area contributed by atoms with Crippen LogP contribution in [0, 0.1) is 0 Å². The fraction of sp³-hybridized carbons (Fsp3) is 0.471. The summed E-state index contributed by atoms with van der Waals surface area (Å²) < 4.78 is 0. The van der Waals surface area contributed by atoms with Crippen molar-refractivity contribution in [3.8, 4) is 0 Å². The van der Waals surface area contributed by atoms with Crippen LogP contribution < -0.4 is 5.32 Å². The van der Waals surface area contributed by atoms with Crippen LogP contribution in [0.4, 0.5) is 5.69 Å². The molecule has 2 aliphatic heterocycles. The fourth-order valence-corrected chi connectivity index (χ4v) is 4.91. The van der Waals surface area contributed by atoms with Gasteiger partial charge in [0.05, 0.1) is 22.1 Å². The highest BCUT2D eigenvalue weighted by atomic mass is 35.5. The van der Waals surface area contributed by atoms with E-state index in [0.29, 0.717) is 22.9 Å². The molecule has 0 bridgehead atoms. The molecule has 8 heteroatoms. The predicted molar refractivity (Wildman–Crippen MR) is 98.4 cm³/mol. The largest absolute Gasteiger partial charge is 0.335 e. The maximum Gasteiger partial charge on any atom is 0.246 e. The third kappa shape index (κ3) is 3.48. The average Bonchev–Trinajstić information content (AvgIpc) is 3.05. The summed E-state index contributed by atoms with van der Waals surface area (Å²) in [6, 6.07) is 6.43. The minimum atomic E-state index is -0.497. The van der Waals surface area contributed by atoms with Crippen LogP contribution in [0.25, 0.3) is 0 Å². The van der Waals surface area contributed by atoms with Crippen molar-refractivity contribution in [2.75, 3.05) is 24.7 Å². The second-order valence-corrected chi connectivity index (χ2v) is 8.40. The number of nitrogens with zero attached hydrogens (tertiary/aromatic N) is 2. The van der Waals surface area contributed by atoms with Crippen molar-refractivity contribution in [2.24, 2.45) is 0 Å². The van der Waals surface area contributed by atoms with E-state index in [2.05, 4.69) is 5.32 Å². The van der Waals surface area contributed by atoms with E-state index >= 15 is 0 Å². The molecule has 0 saturated carbocycles. The minimum absolute atomic E-state index is 0.0137. The van der Waals surface area contributed by atoms with Gasteiger partial charge in [0.15, 0.2) is 0 Å². The number of fused-ring (bicyclic) bond motifs is 1. The van der Waals surface area contributed by atoms with Crippen molar-refractivity contribution in [3.05, 3.63) is 29.3 Å². The lowest BCUT2D eigenvalue weighted by Gasteiger charge is -2.31. The number of thioether (sulfide) groups is 1. The highest BCUT2D eigenvalue weighted by Gasteiger charge is 2.53. The molecule has 0 unspecified atom stereocenters. The van der Waals surface area contributed by atoms with Crippen LogP contribution in [0.3, 0.4) is 0 Å². The number of carbonyl (C=O) groups is 3. The van der Waals surface area contributed by atoms with Crippen LogP contribution in [0.5, 0.6) is 0 Å². The molecule has 2 heterocycles. The molecule has 2 fully saturated rings. The van der Waals surface area contributed by atoms with Gasteiger partial charge in [0.1, 0.15) is 6.04 Å². The molecule has 134 valence electrons. The molecule has 3 amide bonds. The predicted octanol–water partition coefficient (Wildman–Crippen LogP) is 2.19. The summed E-state index contributed by atoms with van der Waals surface area (Å²) in [4.78, 5) is 39.9. The number of hydrogen-bond donors (Lipinski definition) is 1. The zero-order chi connectivity index (χ0) is 18.2. The number of hydrogen-bond acceptors (Lipinski definition) is 4. The highest BCUT2D eigenvalue weighted by molar-refractivity contribution is 8.01. The summed E-state index contributed by atoms with van der Waals surface area (Å²) in [6.07, 6.45) is 1.24. The number of nitrogens with one attached hydrogen (secondary N) is 1. The van der Waals surface area contributed by atoms with Gasteiger partial charge in [0.25, 0.3) is 0 Å². The molecular formula is C17H20ClN3O3S. The van der Waals surface area contributed by atoms with Crippen molar-refractivity contribution in [2.45, 2.75) is 30.7 Å². The first-order valence-electron chi connectivity index (χ1n) is 8.07. The molecule has 6 nitrogen and oxygen atoms in total. The van der Waals surface area contributed by atoms with Gasteiger partial charge in [-0.05, 0) is 25.5 Å². The van der Waals surface area contributed by atoms with E-state index in [1.165, 1.54) is 4.90 Å². The number of carbonyl (C=O) groups excluding carboxylic acids is 3. The third-order valence-corrected chi connectivity index (χ3v) is 6.47. The average molecular weight is 382 g/mol. The van der Waals surface area contributed by atoms with Crippen LogP contribution >= 0.6 is 23.4 Å². The van der Waals surface area contributed by atoms with Crippen LogP contribution in [-0.2, 0) is 14.4 Å². The van der Waals surface area contributed by atoms with Gasteiger partial charge in [-0.15, -0.1) is 11.8 Å². The Morgan fingerprint density at radius 3 is 2.88 bits per heavy atom. The number of likely N-dealkylation sites (N-methyl/N-ethyl adjacent to an activating group) is 1. The number of halogens is 1. The zero-order valence-corrected chi connectivity index (χ0v) is 15.7. The summed E-state index contributed by atoms with van der Waals surface area (Å²) in [5, 5.41) is 3.14. The first kappa shape index (κ1) is 18.1. The van der Waals surface area contributed by atoms with Gasteiger partial charge in [-0.25, -0.2) is 0 Å². The van der Waals surface area contributed by atoms with Crippen molar-refractivity contribution >= 4 is 46.8 Å². The van der Waals surface area contributed by atoms with E-state index in [1.54, 1.807) is 48.0 Å². The molecule has 2 aliphatic rings. The fourth-order valence-electron chi connectivity index (χ4n) is 3.30. The summed E-state index contributed by atoms with van der Waals surface area (Å²) >= 11 is 7.66. The van der Waals surface area contributed by atoms with Crippen molar-refractivity contribution < 1.29 is 14.4 Å². The lowest BCUT2D eigenvalue weighted by atomic mass is 10.2. The van der Waals surface area contributed by atoms with E-state index in [1.807, 2.05) is 6.92 Å². The summed E-state index contributed by atoms with van der Waals surface area (Å²) in [5.74, 6) is 0.0445. The third-order valence-electron chi connectivity index (χ3n) is 4.63. The summed E-state index contributed by atoms with van der Waals surface area (Å²) in [6.45, 7) is 1.91. The first-order chi connectivity index (χ1) is 11.8. The van der Waals surface area contributed by atoms with Gasteiger partial charge < -0.3 is 15.1 Å². The molecule has 1 aromatic rings. The number of anilines is 1. The Labute approximate surface area is 155 Å². The van der Waals surface area contributed by atoms with Gasteiger partial charge in [-0.1, -0.05) is 23.7 Å². The molecule has 0 aromatic heterocycles. The maximum atomic E-state index is 12.7. The number of rotatable bonds is 4. The SMILES string of the molecule is CN(CC(=O)Nc1ccccc1Cl)C(=O)[C@H]1CS[C@@]2(C)CCC(=O)N12. The van der Waals surface area contributed by atoms with E-state index in [4.69, 9.17) is 11.6 Å². The number of amides is 3. The summed E-state index contributed by atoms with van der Waals surface area (Å²) in [5.41, 5.74) is 0.508. The smallest absolute Gasteiger partial charge is 0.246 e. The molecule has 0 spiro atoms. The monoisotopic (exact) mass is 381 g/mol. The summed E-state index contributed by atoms with van der Waals surface area (Å²) in [7, 11) is 1.58. The minimum Gasteiger partial charge on any atom is -0.335 e. The van der Waals surface area contributed by atoms with Crippen molar-refractivity contribution in [3.63, 3.8) is 0 Å². The lowest BCUT2D eigenvalue weighted by Crippen LogP contribution is -2.51. The second kappa shape index (κ2) is 6.88. The van der Waals surface area contributed by atoms with E-state index < -0.39 is 6.04 Å². The van der Waals surface area contributed by atoms with E-state index in [-0.39, 0.29) is 29.1 Å². The normalized spacial score (nSPS) is 25.0. The Hall–Kier alpha value is -1.73. The van der Waals surface area contributed by atoms with Gasteiger partial charge >= 0.3 is 0 Å². The van der Waals surface area contributed by atoms with Gasteiger partial charge in [-0.2, -0.15) is 0 Å². The quantitative estimate of drug-likeness (QED) is 0.868. The van der Waals surface area contributed by atoms with Crippen molar-refractivity contribution in [1.82, 2.24) is 9.80 Å². The van der Waals surface area contributed by atoms with Crippen LogP contribution in [0.1, 0.15) is 19.8 Å². The number of para-hydroxylation sites is 1. The van der Waals surface area contributed by atoms with Crippen LogP contribution in [-0.4, -0.2) is 57.8 Å². The molecule has 3 rings (SSSR count). The molecule has 1 N–H and O–H groups in total. The molecule has 1 aromatic carbocycles. The molecule has 2 atom stereocenters. The Morgan fingerprint density at radius 1 is 1.44 bits per heavy atom. The Balaban J connectivity index is 1.62. The Morgan fingerprint density at radius 2 is 2.16 bits per heavy atom. The molecule has 25 heavy (non-hydrogen) atoms. The van der Waals surface area contributed by atoms with Gasteiger partial charge in [0.2, 0.25) is 17.7 Å². The lowest BCUT2D eigenvalue weighted by molar-refractivity contribution is -0.143. The Bertz CT molecular complexity index is 729.